The van der Waals surface area contributed by atoms with Crippen molar-refractivity contribution in [1.82, 2.24) is 34.6 Å². The molecule has 0 atom stereocenters. The molecule has 4 aromatic rings. The van der Waals surface area contributed by atoms with Crippen LogP contribution in [0.4, 0.5) is 32.3 Å². The van der Waals surface area contributed by atoms with Gasteiger partial charge in [0.15, 0.2) is 5.78 Å². The van der Waals surface area contributed by atoms with E-state index in [0.29, 0.717) is 52.2 Å². The zero-order chi connectivity index (χ0) is 38.2. The highest BCUT2D eigenvalue weighted by molar-refractivity contribution is 6.05. The zero-order valence-electron chi connectivity index (χ0n) is 31.4. The van der Waals surface area contributed by atoms with Gasteiger partial charge in [0, 0.05) is 93.7 Å². The van der Waals surface area contributed by atoms with Crippen molar-refractivity contribution in [2.45, 2.75) is 77.4 Å². The molecule has 0 radical (unpaired) electrons. The molecule has 6 heterocycles. The predicted molar refractivity (Wildman–Crippen MR) is 208 cm³/mol. The van der Waals surface area contributed by atoms with Crippen molar-refractivity contribution in [3.05, 3.63) is 75.6 Å². The van der Waals surface area contributed by atoms with Gasteiger partial charge in [-0.1, -0.05) is 18.9 Å². The summed E-state index contributed by atoms with van der Waals surface area (Å²) in [6, 6.07) is 8.85. The number of nitrogens with zero attached hydrogens (tertiary/aromatic N) is 8. The van der Waals surface area contributed by atoms with E-state index in [1.165, 1.54) is 17.9 Å². The molecule has 0 bridgehead atoms. The number of urea groups is 1. The van der Waals surface area contributed by atoms with E-state index in [-0.39, 0.29) is 47.6 Å². The van der Waals surface area contributed by atoms with Crippen LogP contribution in [0.5, 0.6) is 0 Å². The third-order valence-corrected chi connectivity index (χ3v) is 11.8. The molecular formula is C40H47FN10O4. The lowest BCUT2D eigenvalue weighted by atomic mass is 10.0. The number of aromatic nitrogens is 4. The summed E-state index contributed by atoms with van der Waals surface area (Å²) in [5.41, 5.74) is 3.21. The van der Waals surface area contributed by atoms with Gasteiger partial charge < -0.3 is 10.2 Å². The maximum absolute atomic E-state index is 15.1. The Morgan fingerprint density at radius 1 is 0.891 bits per heavy atom. The second kappa shape index (κ2) is 15.5. The molecule has 8 rings (SSSR count). The summed E-state index contributed by atoms with van der Waals surface area (Å²) in [4.78, 5) is 72.3. The maximum Gasteiger partial charge on any atom is 0.328 e. The number of amides is 3. The topological polar surface area (TPSA) is 149 Å². The molecular weight excluding hydrogens is 704 g/mol. The second-order valence-corrected chi connectivity index (χ2v) is 15.2. The smallest absolute Gasteiger partial charge is 0.328 e. The Balaban J connectivity index is 0.841. The van der Waals surface area contributed by atoms with Crippen molar-refractivity contribution in [2.24, 2.45) is 0 Å². The molecule has 2 N–H and O–H groups in total. The molecule has 1 aliphatic carbocycles. The van der Waals surface area contributed by atoms with Gasteiger partial charge in [-0.3, -0.25) is 39.0 Å². The summed E-state index contributed by atoms with van der Waals surface area (Å²) in [7, 11) is 0. The van der Waals surface area contributed by atoms with Crippen molar-refractivity contribution in [3.63, 3.8) is 0 Å². The molecule has 1 aromatic carbocycles. The Kier molecular flexibility index (Phi) is 10.3. The average molecular weight is 751 g/mol. The van der Waals surface area contributed by atoms with Crippen LogP contribution < -0.4 is 26.0 Å². The van der Waals surface area contributed by atoms with Gasteiger partial charge in [0.05, 0.1) is 17.4 Å². The molecule has 55 heavy (non-hydrogen) atoms. The molecule has 3 amide bonds. The van der Waals surface area contributed by atoms with Crippen molar-refractivity contribution in [3.8, 4) is 0 Å². The second-order valence-electron chi connectivity index (χ2n) is 15.2. The van der Waals surface area contributed by atoms with E-state index in [4.69, 9.17) is 4.98 Å². The highest BCUT2D eigenvalue weighted by atomic mass is 19.1. The number of nitrogens with one attached hydrogen (secondary N) is 2. The van der Waals surface area contributed by atoms with E-state index in [0.717, 1.165) is 83.5 Å². The molecule has 3 aliphatic heterocycles. The molecule has 4 fully saturated rings. The summed E-state index contributed by atoms with van der Waals surface area (Å²) in [5.74, 6) is 0.0508. The van der Waals surface area contributed by atoms with Crippen LogP contribution in [0.1, 0.15) is 79.4 Å². The number of rotatable bonds is 9. The van der Waals surface area contributed by atoms with Gasteiger partial charge in [-0.15, -0.1) is 0 Å². The fraction of sp³-hybridized carbons (Fsp3) is 0.475. The van der Waals surface area contributed by atoms with Gasteiger partial charge in [0.1, 0.15) is 17.3 Å². The molecule has 288 valence electrons. The lowest BCUT2D eigenvalue weighted by Crippen LogP contribution is -2.53. The van der Waals surface area contributed by atoms with Gasteiger partial charge in [0.25, 0.3) is 5.56 Å². The van der Waals surface area contributed by atoms with E-state index >= 15 is 4.39 Å². The fourth-order valence-corrected chi connectivity index (χ4v) is 8.73. The lowest BCUT2D eigenvalue weighted by molar-refractivity contribution is -0.120. The van der Waals surface area contributed by atoms with Crippen LogP contribution in [-0.2, 0) is 11.3 Å². The number of hydrogen-bond donors (Lipinski definition) is 2. The molecule has 3 saturated heterocycles. The van der Waals surface area contributed by atoms with E-state index in [9.17, 15) is 19.2 Å². The van der Waals surface area contributed by atoms with E-state index < -0.39 is 6.03 Å². The average Bonchev–Trinajstić information content (AvgIpc) is 3.71. The first-order valence-corrected chi connectivity index (χ1v) is 19.4. The summed E-state index contributed by atoms with van der Waals surface area (Å²) >= 11 is 0. The van der Waals surface area contributed by atoms with Gasteiger partial charge in [0.2, 0.25) is 11.9 Å². The summed E-state index contributed by atoms with van der Waals surface area (Å²) in [5, 5.41) is 6.21. The van der Waals surface area contributed by atoms with E-state index in [1.807, 2.05) is 12.3 Å². The highest BCUT2D eigenvalue weighted by Gasteiger charge is 2.30. The third kappa shape index (κ3) is 7.55. The van der Waals surface area contributed by atoms with Gasteiger partial charge in [-0.25, -0.2) is 19.2 Å². The van der Waals surface area contributed by atoms with E-state index in [1.54, 1.807) is 29.8 Å². The largest absolute Gasteiger partial charge is 0.370 e. The van der Waals surface area contributed by atoms with Gasteiger partial charge in [-0.2, -0.15) is 4.98 Å². The van der Waals surface area contributed by atoms with E-state index in [2.05, 4.69) is 41.4 Å². The van der Waals surface area contributed by atoms with Crippen LogP contribution in [0.3, 0.4) is 0 Å². The van der Waals surface area contributed by atoms with Crippen LogP contribution in [0.2, 0.25) is 0 Å². The first-order chi connectivity index (χ1) is 26.6. The highest BCUT2D eigenvalue weighted by Crippen LogP contribution is 2.32. The van der Waals surface area contributed by atoms with Gasteiger partial charge >= 0.3 is 6.03 Å². The predicted octanol–water partition coefficient (Wildman–Crippen LogP) is 4.93. The normalized spacial score (nSPS) is 19.3. The van der Waals surface area contributed by atoms with Crippen LogP contribution >= 0.6 is 0 Å². The monoisotopic (exact) mass is 750 g/mol. The number of pyridine rings is 2. The molecule has 0 unspecified atom stereocenters. The third-order valence-electron chi connectivity index (χ3n) is 11.8. The van der Waals surface area contributed by atoms with Crippen LogP contribution in [0.25, 0.3) is 11.0 Å². The minimum Gasteiger partial charge on any atom is -0.370 e. The number of benzene rings is 1. The molecule has 15 heteroatoms. The summed E-state index contributed by atoms with van der Waals surface area (Å²) in [6.07, 6.45) is 9.70. The minimum absolute atomic E-state index is 0.0114. The number of halogens is 1. The summed E-state index contributed by atoms with van der Waals surface area (Å²) < 4.78 is 16.8. The number of carbonyl (C=O) groups excluding carboxylic acids is 3. The number of fused-ring (bicyclic) bond motifs is 1. The SMILES string of the molecule is CC(=O)c1c(C)c2cnc(Nc3ccc(N4CCC(N5CCN(Cc6ccc(N7CCC(=O)NC7=O)cc6F)CC5)CC4)cn3)nc2n(C2CCCC2)c1=O. The Morgan fingerprint density at radius 2 is 1.64 bits per heavy atom. The quantitative estimate of drug-likeness (QED) is 0.225. The minimum atomic E-state index is -0.517. The number of piperazine rings is 1. The summed E-state index contributed by atoms with van der Waals surface area (Å²) in [6.45, 7) is 9.40. The van der Waals surface area contributed by atoms with Crippen molar-refractivity contribution < 1.29 is 18.8 Å². The number of ketones is 1. The Bertz CT molecular complexity index is 2170. The number of anilines is 4. The first kappa shape index (κ1) is 36.7. The van der Waals surface area contributed by atoms with Crippen LogP contribution in [0, 0.1) is 12.7 Å². The number of imide groups is 1. The number of hydrogen-bond acceptors (Lipinski definition) is 11. The van der Waals surface area contributed by atoms with Crippen LogP contribution in [-0.4, -0.2) is 98.9 Å². The maximum atomic E-state index is 15.1. The molecule has 4 aliphatic rings. The first-order valence-electron chi connectivity index (χ1n) is 19.4. The molecule has 3 aromatic heterocycles. The standard InChI is InChI=1S/C40H47FN10O4/c1-25-32-23-43-39(46-37(32)51(29-5-3-4-6-29)38(54)36(25)26(2)52)44-34-10-9-31(22-42-34)48-14-11-28(12-15-48)49-19-17-47(18-20-49)24-27-7-8-30(21-33(27)41)50-16-13-35(53)45-40(50)55/h7-10,21-23,28-29H,3-6,11-20,24H2,1-2H3,(H,45,53,55)(H,42,43,44,46). The molecule has 14 nitrogen and oxygen atoms in total. The number of Topliss-reactive ketones (excluding diaryl/α,β-unsaturated/α-hetero) is 1. The molecule has 1 saturated carbocycles. The Hall–Kier alpha value is -5.28. The Labute approximate surface area is 318 Å². The Morgan fingerprint density at radius 3 is 2.31 bits per heavy atom. The van der Waals surface area contributed by atoms with Crippen molar-refractivity contribution >= 4 is 51.9 Å². The number of piperidine rings is 1. The van der Waals surface area contributed by atoms with Crippen LogP contribution in [0.15, 0.2) is 47.5 Å². The number of carbonyl (C=O) groups is 3. The molecule has 0 spiro atoms. The number of aryl methyl sites for hydroxylation is 1. The lowest BCUT2D eigenvalue weighted by Gasteiger charge is -2.43. The fourth-order valence-electron chi connectivity index (χ4n) is 8.73. The van der Waals surface area contributed by atoms with Crippen molar-refractivity contribution in [2.75, 3.05) is 60.9 Å². The zero-order valence-corrected chi connectivity index (χ0v) is 31.4. The van der Waals surface area contributed by atoms with Gasteiger partial charge in [-0.05, 0) is 69.4 Å². The van der Waals surface area contributed by atoms with Crippen molar-refractivity contribution in [1.29, 1.82) is 0 Å².